The molecule has 1 aliphatic rings. The maximum absolute atomic E-state index is 13.6. The van der Waals surface area contributed by atoms with Crippen molar-refractivity contribution in [3.8, 4) is 0 Å². The highest BCUT2D eigenvalue weighted by Crippen LogP contribution is 2.32. The average Bonchev–Trinajstić information content (AvgIpc) is 2.31. The van der Waals surface area contributed by atoms with Gasteiger partial charge in [-0.25, -0.2) is 13.2 Å². The van der Waals surface area contributed by atoms with Crippen molar-refractivity contribution in [2.75, 3.05) is 5.32 Å². The quantitative estimate of drug-likeness (QED) is 0.777. The molecule has 2 rings (SSSR count). The van der Waals surface area contributed by atoms with E-state index in [9.17, 15) is 13.2 Å². The van der Waals surface area contributed by atoms with Gasteiger partial charge < -0.3 is 5.32 Å². The summed E-state index contributed by atoms with van der Waals surface area (Å²) in [5.74, 6) is -1.99. The third-order valence-electron chi connectivity index (χ3n) is 4.04. The van der Waals surface area contributed by atoms with Crippen LogP contribution in [0.2, 0.25) is 0 Å². The Labute approximate surface area is 105 Å². The van der Waals surface area contributed by atoms with Gasteiger partial charge in [-0.15, -0.1) is 0 Å². The third kappa shape index (κ3) is 2.62. The minimum absolute atomic E-state index is 0.0709. The van der Waals surface area contributed by atoms with Crippen LogP contribution in [-0.2, 0) is 0 Å². The highest BCUT2D eigenvalue weighted by Gasteiger charge is 2.27. The zero-order valence-corrected chi connectivity index (χ0v) is 10.6. The molecule has 1 aromatic rings. The summed E-state index contributed by atoms with van der Waals surface area (Å²) in [5, 5.41) is 2.96. The van der Waals surface area contributed by atoms with Crippen LogP contribution in [0, 0.1) is 29.3 Å². The van der Waals surface area contributed by atoms with E-state index in [1.807, 2.05) is 0 Å². The van der Waals surface area contributed by atoms with Crippen molar-refractivity contribution in [3.63, 3.8) is 0 Å². The molecule has 0 bridgehead atoms. The smallest absolute Gasteiger partial charge is 0.182 e. The molecule has 0 heterocycles. The molecule has 0 amide bonds. The van der Waals surface area contributed by atoms with Crippen molar-refractivity contribution in [1.29, 1.82) is 0 Å². The predicted octanol–water partition coefficient (Wildman–Crippen LogP) is 4.34. The third-order valence-corrected chi connectivity index (χ3v) is 4.04. The standard InChI is InChI=1S/C14H18F3N/c1-8-4-3-5-12(9(8)2)18-13-7-10(15)6-11(16)14(13)17/h6-9,12,18H,3-5H2,1-2H3. The summed E-state index contributed by atoms with van der Waals surface area (Å²) in [7, 11) is 0. The van der Waals surface area contributed by atoms with Crippen molar-refractivity contribution in [3.05, 3.63) is 29.6 Å². The van der Waals surface area contributed by atoms with Gasteiger partial charge in [0.05, 0.1) is 5.69 Å². The Balaban J connectivity index is 2.18. The van der Waals surface area contributed by atoms with E-state index in [1.165, 1.54) is 0 Å². The van der Waals surface area contributed by atoms with Crippen molar-refractivity contribution in [2.24, 2.45) is 11.8 Å². The molecule has 0 aromatic heterocycles. The molecule has 0 saturated heterocycles. The van der Waals surface area contributed by atoms with Gasteiger partial charge in [-0.05, 0) is 18.3 Å². The van der Waals surface area contributed by atoms with Gasteiger partial charge >= 0.3 is 0 Å². The topological polar surface area (TPSA) is 12.0 Å². The number of nitrogens with one attached hydrogen (secondary N) is 1. The monoisotopic (exact) mass is 257 g/mol. The molecule has 0 spiro atoms. The van der Waals surface area contributed by atoms with Gasteiger partial charge in [0.2, 0.25) is 0 Å². The van der Waals surface area contributed by atoms with E-state index in [1.54, 1.807) is 0 Å². The molecule has 100 valence electrons. The number of hydrogen-bond acceptors (Lipinski definition) is 1. The Kier molecular flexibility index (Phi) is 3.83. The van der Waals surface area contributed by atoms with E-state index >= 15 is 0 Å². The summed E-state index contributed by atoms with van der Waals surface area (Å²) in [6, 6.07) is 1.65. The molecule has 18 heavy (non-hydrogen) atoms. The van der Waals surface area contributed by atoms with Crippen LogP contribution in [0.4, 0.5) is 18.9 Å². The summed E-state index contributed by atoms with van der Waals surface area (Å²) in [6.45, 7) is 4.25. The van der Waals surface area contributed by atoms with Crippen LogP contribution < -0.4 is 5.32 Å². The highest BCUT2D eigenvalue weighted by molar-refractivity contribution is 5.46. The number of benzene rings is 1. The zero-order chi connectivity index (χ0) is 13.3. The SMILES string of the molecule is CC1CCCC(Nc2cc(F)cc(F)c2F)C1C. The predicted molar refractivity (Wildman–Crippen MR) is 65.9 cm³/mol. The van der Waals surface area contributed by atoms with Gasteiger partial charge in [0, 0.05) is 18.2 Å². The number of halogens is 3. The van der Waals surface area contributed by atoms with Crippen molar-refractivity contribution in [2.45, 2.75) is 39.2 Å². The van der Waals surface area contributed by atoms with Crippen LogP contribution in [0.25, 0.3) is 0 Å². The molecule has 1 fully saturated rings. The fraction of sp³-hybridized carbons (Fsp3) is 0.571. The number of anilines is 1. The maximum atomic E-state index is 13.6. The summed E-state index contributed by atoms with van der Waals surface area (Å²) in [5.41, 5.74) is -0.0709. The van der Waals surface area contributed by atoms with Crippen LogP contribution in [-0.4, -0.2) is 6.04 Å². The van der Waals surface area contributed by atoms with Gasteiger partial charge in [0.1, 0.15) is 5.82 Å². The molecule has 1 N–H and O–H groups in total. The second-order valence-corrected chi connectivity index (χ2v) is 5.27. The Morgan fingerprint density at radius 2 is 1.83 bits per heavy atom. The Bertz CT molecular complexity index is 433. The molecule has 1 aliphatic carbocycles. The van der Waals surface area contributed by atoms with E-state index < -0.39 is 17.5 Å². The van der Waals surface area contributed by atoms with Crippen LogP contribution in [0.1, 0.15) is 33.1 Å². The van der Waals surface area contributed by atoms with Crippen LogP contribution in [0.5, 0.6) is 0 Å². The van der Waals surface area contributed by atoms with Crippen LogP contribution in [0.3, 0.4) is 0 Å². The summed E-state index contributed by atoms with van der Waals surface area (Å²) in [6.07, 6.45) is 3.12. The summed E-state index contributed by atoms with van der Waals surface area (Å²) < 4.78 is 39.8. The highest BCUT2D eigenvalue weighted by atomic mass is 19.2. The van der Waals surface area contributed by atoms with Crippen molar-refractivity contribution < 1.29 is 13.2 Å². The zero-order valence-electron chi connectivity index (χ0n) is 10.6. The van der Waals surface area contributed by atoms with E-state index in [4.69, 9.17) is 0 Å². The fourth-order valence-corrected chi connectivity index (χ4v) is 2.65. The van der Waals surface area contributed by atoms with E-state index in [0.717, 1.165) is 25.3 Å². The lowest BCUT2D eigenvalue weighted by atomic mass is 9.78. The van der Waals surface area contributed by atoms with E-state index in [2.05, 4.69) is 19.2 Å². The van der Waals surface area contributed by atoms with Crippen LogP contribution in [0.15, 0.2) is 12.1 Å². The number of hydrogen-bond donors (Lipinski definition) is 1. The lowest BCUT2D eigenvalue weighted by Gasteiger charge is -2.35. The van der Waals surface area contributed by atoms with E-state index in [0.29, 0.717) is 17.9 Å². The fourth-order valence-electron chi connectivity index (χ4n) is 2.65. The number of rotatable bonds is 2. The molecule has 3 unspecified atom stereocenters. The van der Waals surface area contributed by atoms with Gasteiger partial charge in [0.15, 0.2) is 11.6 Å². The lowest BCUT2D eigenvalue weighted by Crippen LogP contribution is -2.35. The minimum Gasteiger partial charge on any atom is -0.379 e. The molecule has 1 saturated carbocycles. The first-order chi connectivity index (χ1) is 8.49. The minimum atomic E-state index is -1.14. The van der Waals surface area contributed by atoms with E-state index in [-0.39, 0.29) is 11.7 Å². The van der Waals surface area contributed by atoms with Crippen molar-refractivity contribution >= 4 is 5.69 Å². The first-order valence-electron chi connectivity index (χ1n) is 6.40. The maximum Gasteiger partial charge on any atom is 0.182 e. The summed E-state index contributed by atoms with van der Waals surface area (Å²) >= 11 is 0. The first kappa shape index (κ1) is 13.2. The van der Waals surface area contributed by atoms with Crippen LogP contribution >= 0.6 is 0 Å². The molecular weight excluding hydrogens is 239 g/mol. The molecule has 1 aromatic carbocycles. The van der Waals surface area contributed by atoms with Gasteiger partial charge in [-0.3, -0.25) is 0 Å². The lowest BCUT2D eigenvalue weighted by molar-refractivity contribution is 0.252. The Hall–Kier alpha value is -1.19. The van der Waals surface area contributed by atoms with Gasteiger partial charge in [-0.1, -0.05) is 26.7 Å². The second-order valence-electron chi connectivity index (χ2n) is 5.27. The molecule has 3 atom stereocenters. The first-order valence-corrected chi connectivity index (χ1v) is 6.40. The molecule has 0 aliphatic heterocycles. The molecule has 4 heteroatoms. The molecule has 0 radical (unpaired) electrons. The summed E-state index contributed by atoms with van der Waals surface area (Å²) in [4.78, 5) is 0. The van der Waals surface area contributed by atoms with Crippen molar-refractivity contribution in [1.82, 2.24) is 0 Å². The molecular formula is C14H18F3N. The average molecular weight is 257 g/mol. The Morgan fingerprint density at radius 3 is 2.56 bits per heavy atom. The van der Waals surface area contributed by atoms with Gasteiger partial charge in [0.25, 0.3) is 0 Å². The Morgan fingerprint density at radius 1 is 1.11 bits per heavy atom. The molecule has 1 nitrogen and oxygen atoms in total. The normalized spacial score (nSPS) is 28.2. The second kappa shape index (κ2) is 5.21. The largest absolute Gasteiger partial charge is 0.379 e. The van der Waals surface area contributed by atoms with Gasteiger partial charge in [-0.2, -0.15) is 0 Å².